The van der Waals surface area contributed by atoms with E-state index < -0.39 is 0 Å². The number of benzene rings is 1. The second-order valence-electron chi connectivity index (χ2n) is 3.71. The zero-order chi connectivity index (χ0) is 10.6. The van der Waals surface area contributed by atoms with Crippen LogP contribution in [0.2, 0.25) is 0 Å². The van der Waals surface area contributed by atoms with Crippen molar-refractivity contribution in [3.63, 3.8) is 0 Å². The Hall–Kier alpha value is -0.550. The number of nitrogens with zero attached hydrogens (tertiary/aromatic N) is 1. The van der Waals surface area contributed by atoms with E-state index in [1.807, 2.05) is 0 Å². The summed E-state index contributed by atoms with van der Waals surface area (Å²) in [6.07, 6.45) is 1.26. The van der Waals surface area contributed by atoms with Crippen LogP contribution in [0.25, 0.3) is 0 Å². The molecule has 0 heterocycles. The van der Waals surface area contributed by atoms with Gasteiger partial charge in [-0.05, 0) is 32.0 Å². The lowest BCUT2D eigenvalue weighted by molar-refractivity contribution is 1.06. The molecule has 0 fully saturated rings. The molecule has 0 bridgehead atoms. The fourth-order valence-corrected chi connectivity index (χ4v) is 3.99. The van der Waals surface area contributed by atoms with Crippen molar-refractivity contribution in [1.82, 2.24) is 0 Å². The van der Waals surface area contributed by atoms with Gasteiger partial charge in [0.2, 0.25) is 0 Å². The highest BCUT2D eigenvalue weighted by molar-refractivity contribution is 7.60. The monoisotopic (exact) mass is 209 g/mol. The average Bonchev–Trinajstić information content (AvgIpc) is 2.19. The van der Waals surface area contributed by atoms with Gasteiger partial charge >= 0.3 is 0 Å². The molecule has 1 nitrogen and oxygen atoms in total. The molecule has 0 aliphatic carbocycles. The van der Waals surface area contributed by atoms with Gasteiger partial charge < -0.3 is 4.67 Å². The topological polar surface area (TPSA) is 3.24 Å². The maximum atomic E-state index is 2.44. The molecule has 1 aromatic carbocycles. The molecule has 0 spiro atoms. The van der Waals surface area contributed by atoms with Gasteiger partial charge in [0.1, 0.15) is 0 Å². The van der Waals surface area contributed by atoms with E-state index in [1.165, 1.54) is 11.8 Å². The summed E-state index contributed by atoms with van der Waals surface area (Å²) in [5.74, 6) is 0. The third kappa shape index (κ3) is 2.72. The van der Waals surface area contributed by atoms with E-state index in [-0.39, 0.29) is 8.07 Å². The third-order valence-electron chi connectivity index (χ3n) is 2.44. The Morgan fingerprint density at radius 1 is 1.21 bits per heavy atom. The predicted molar refractivity (Wildman–Crippen MR) is 67.4 cm³/mol. The van der Waals surface area contributed by atoms with Crippen molar-refractivity contribution in [3.05, 3.63) is 30.3 Å². The van der Waals surface area contributed by atoms with Crippen LogP contribution in [0.15, 0.2) is 30.3 Å². The van der Waals surface area contributed by atoms with Crippen molar-refractivity contribution >= 4 is 13.8 Å². The van der Waals surface area contributed by atoms with Gasteiger partial charge in [-0.3, -0.25) is 0 Å². The molecule has 0 aliphatic rings. The highest BCUT2D eigenvalue weighted by Gasteiger charge is 2.16. The van der Waals surface area contributed by atoms with Crippen LogP contribution in [0.1, 0.15) is 20.8 Å². The van der Waals surface area contributed by atoms with Crippen molar-refractivity contribution in [2.24, 2.45) is 0 Å². The first-order valence-electron chi connectivity index (χ1n) is 5.22. The van der Waals surface area contributed by atoms with E-state index in [2.05, 4.69) is 62.8 Å². The Morgan fingerprint density at radius 3 is 2.21 bits per heavy atom. The summed E-state index contributed by atoms with van der Waals surface area (Å²) in [7, 11) is 2.19. The van der Waals surface area contributed by atoms with Crippen molar-refractivity contribution in [2.75, 3.05) is 17.9 Å². The number of hydrogen-bond donors (Lipinski definition) is 0. The summed E-state index contributed by atoms with van der Waals surface area (Å²) in [4.78, 5) is 0. The zero-order valence-electron chi connectivity index (χ0n) is 9.57. The molecule has 1 rings (SSSR count). The summed E-state index contributed by atoms with van der Waals surface area (Å²) in [6.45, 7) is 6.91. The van der Waals surface area contributed by atoms with Gasteiger partial charge in [-0.15, -0.1) is 0 Å². The lowest BCUT2D eigenvalue weighted by Gasteiger charge is -2.32. The Kier molecular flexibility index (Phi) is 4.41. The Bertz CT molecular complexity index is 258. The Balaban J connectivity index is 2.78. The summed E-state index contributed by atoms with van der Waals surface area (Å²) in [6, 6.07) is 10.7. The number of rotatable bonds is 4. The third-order valence-corrected chi connectivity index (χ3v) is 5.28. The molecule has 0 amide bonds. The van der Waals surface area contributed by atoms with E-state index in [4.69, 9.17) is 0 Å². The molecular weight excluding hydrogens is 189 g/mol. The first-order chi connectivity index (χ1) is 6.66. The maximum Gasteiger partial charge on any atom is 0.0396 e. The minimum absolute atomic E-state index is 0.0216. The summed E-state index contributed by atoms with van der Waals surface area (Å²) in [5.41, 5.74) is 2.11. The highest BCUT2D eigenvalue weighted by Crippen LogP contribution is 2.45. The fourth-order valence-electron chi connectivity index (χ4n) is 1.72. The van der Waals surface area contributed by atoms with Crippen molar-refractivity contribution in [3.8, 4) is 0 Å². The van der Waals surface area contributed by atoms with E-state index >= 15 is 0 Å². The largest absolute Gasteiger partial charge is 0.353 e. The molecule has 1 atom stereocenters. The van der Waals surface area contributed by atoms with Gasteiger partial charge in [0.05, 0.1) is 0 Å². The SMILES string of the molecule is CCP(C(C)C)N(C)c1ccccc1. The summed E-state index contributed by atoms with van der Waals surface area (Å²) < 4.78 is 2.44. The van der Waals surface area contributed by atoms with E-state index in [0.717, 1.165) is 5.66 Å². The molecule has 0 aromatic heterocycles. The normalized spacial score (nSPS) is 12.9. The standard InChI is InChI=1S/C12H20NP/c1-5-14(11(2)3)13(4)12-9-7-6-8-10-12/h6-11H,5H2,1-4H3. The van der Waals surface area contributed by atoms with Crippen molar-refractivity contribution in [1.29, 1.82) is 0 Å². The van der Waals surface area contributed by atoms with Crippen LogP contribution in [0.5, 0.6) is 0 Å². The first-order valence-corrected chi connectivity index (χ1v) is 6.77. The molecule has 1 unspecified atom stereocenters. The maximum absolute atomic E-state index is 2.44. The number of anilines is 1. The lowest BCUT2D eigenvalue weighted by atomic mass is 10.3. The molecule has 0 N–H and O–H groups in total. The van der Waals surface area contributed by atoms with E-state index in [1.54, 1.807) is 0 Å². The summed E-state index contributed by atoms with van der Waals surface area (Å²) >= 11 is 0. The molecule has 2 heteroatoms. The van der Waals surface area contributed by atoms with Gasteiger partial charge in [-0.1, -0.05) is 39.0 Å². The molecular formula is C12H20NP. The molecule has 0 aliphatic heterocycles. The van der Waals surface area contributed by atoms with Crippen LogP contribution in [-0.2, 0) is 0 Å². The van der Waals surface area contributed by atoms with Crippen molar-refractivity contribution < 1.29 is 0 Å². The minimum Gasteiger partial charge on any atom is -0.353 e. The zero-order valence-corrected chi connectivity index (χ0v) is 10.5. The van der Waals surface area contributed by atoms with Gasteiger partial charge in [0.25, 0.3) is 0 Å². The predicted octanol–water partition coefficient (Wildman–Crippen LogP) is 3.95. The van der Waals surface area contributed by atoms with Crippen LogP contribution in [0, 0.1) is 0 Å². The van der Waals surface area contributed by atoms with Gasteiger partial charge in [0, 0.05) is 12.7 Å². The molecule has 14 heavy (non-hydrogen) atoms. The van der Waals surface area contributed by atoms with Crippen molar-refractivity contribution in [2.45, 2.75) is 26.4 Å². The molecule has 0 saturated heterocycles. The van der Waals surface area contributed by atoms with Gasteiger partial charge in [0.15, 0.2) is 0 Å². The number of para-hydroxylation sites is 1. The van der Waals surface area contributed by atoms with Crippen LogP contribution in [-0.4, -0.2) is 18.9 Å². The molecule has 0 radical (unpaired) electrons. The van der Waals surface area contributed by atoms with Crippen LogP contribution >= 0.6 is 8.07 Å². The molecule has 78 valence electrons. The second kappa shape index (κ2) is 5.36. The Morgan fingerprint density at radius 2 is 1.79 bits per heavy atom. The highest BCUT2D eigenvalue weighted by atomic mass is 31.1. The van der Waals surface area contributed by atoms with E-state index in [0.29, 0.717) is 0 Å². The second-order valence-corrected chi connectivity index (χ2v) is 6.85. The fraction of sp³-hybridized carbons (Fsp3) is 0.500. The number of hydrogen-bond acceptors (Lipinski definition) is 1. The Labute approximate surface area is 88.9 Å². The van der Waals surface area contributed by atoms with E-state index in [9.17, 15) is 0 Å². The van der Waals surface area contributed by atoms with Gasteiger partial charge in [-0.25, -0.2) is 0 Å². The molecule has 0 saturated carbocycles. The average molecular weight is 209 g/mol. The summed E-state index contributed by atoms with van der Waals surface area (Å²) in [5, 5.41) is 0. The minimum atomic E-state index is -0.0216. The molecule has 1 aromatic rings. The lowest BCUT2D eigenvalue weighted by Crippen LogP contribution is -2.16. The first kappa shape index (κ1) is 11.5. The van der Waals surface area contributed by atoms with Gasteiger partial charge in [-0.2, -0.15) is 0 Å². The van der Waals surface area contributed by atoms with Crippen LogP contribution < -0.4 is 4.67 Å². The quantitative estimate of drug-likeness (QED) is 0.679. The van der Waals surface area contributed by atoms with Crippen LogP contribution in [0.4, 0.5) is 5.69 Å². The van der Waals surface area contributed by atoms with Crippen LogP contribution in [0.3, 0.4) is 0 Å². The smallest absolute Gasteiger partial charge is 0.0396 e.